The molecular weight excluding hydrogens is 282 g/mol. The highest BCUT2D eigenvalue weighted by Gasteiger charge is 2.21. The lowest BCUT2D eigenvalue weighted by Gasteiger charge is -2.38. The van der Waals surface area contributed by atoms with Gasteiger partial charge in [-0.3, -0.25) is 4.90 Å². The molecule has 0 saturated carbocycles. The Morgan fingerprint density at radius 3 is 2.38 bits per heavy atom. The fourth-order valence-electron chi connectivity index (χ4n) is 3.52. The molecule has 0 aromatic heterocycles. The number of hydrogen-bond donors (Lipinski definition) is 1. The van der Waals surface area contributed by atoms with E-state index in [0.29, 0.717) is 0 Å². The van der Waals surface area contributed by atoms with E-state index >= 15 is 0 Å². The third-order valence-corrected chi connectivity index (χ3v) is 4.80. The van der Waals surface area contributed by atoms with Gasteiger partial charge in [-0.2, -0.15) is 0 Å². The van der Waals surface area contributed by atoms with E-state index in [-0.39, 0.29) is 12.4 Å². The van der Waals surface area contributed by atoms with Crippen molar-refractivity contribution in [3.8, 4) is 0 Å². The molecule has 0 atom stereocenters. The molecule has 21 heavy (non-hydrogen) atoms. The summed E-state index contributed by atoms with van der Waals surface area (Å²) in [6, 6.07) is 8.77. The molecule has 3 rings (SSSR count). The Balaban J connectivity index is 0.00000161. The maximum atomic E-state index is 3.46. The van der Waals surface area contributed by atoms with Gasteiger partial charge in [0.1, 0.15) is 0 Å². The van der Waals surface area contributed by atoms with Gasteiger partial charge in [0.15, 0.2) is 0 Å². The third-order valence-electron chi connectivity index (χ3n) is 4.80. The lowest BCUT2D eigenvalue weighted by Crippen LogP contribution is -2.48. The number of halogens is 1. The Labute approximate surface area is 135 Å². The van der Waals surface area contributed by atoms with Crippen LogP contribution in [0, 0.1) is 12.8 Å². The van der Waals surface area contributed by atoms with Crippen LogP contribution in [0.15, 0.2) is 24.3 Å². The summed E-state index contributed by atoms with van der Waals surface area (Å²) < 4.78 is 0. The maximum Gasteiger partial charge on any atom is 0.0396 e. The Morgan fingerprint density at radius 2 is 1.71 bits per heavy atom. The van der Waals surface area contributed by atoms with Crippen LogP contribution in [0.3, 0.4) is 0 Å². The van der Waals surface area contributed by atoms with Crippen molar-refractivity contribution in [1.29, 1.82) is 0 Å². The Kier molecular flexibility index (Phi) is 6.34. The highest BCUT2D eigenvalue weighted by Crippen LogP contribution is 2.21. The van der Waals surface area contributed by atoms with E-state index in [0.717, 1.165) is 5.92 Å². The second kappa shape index (κ2) is 8.02. The lowest BCUT2D eigenvalue weighted by molar-refractivity contribution is 0.196. The summed E-state index contributed by atoms with van der Waals surface area (Å²) >= 11 is 0. The van der Waals surface area contributed by atoms with Crippen molar-refractivity contribution in [1.82, 2.24) is 10.2 Å². The van der Waals surface area contributed by atoms with Crippen LogP contribution in [0.5, 0.6) is 0 Å². The minimum atomic E-state index is 0. The van der Waals surface area contributed by atoms with E-state index in [4.69, 9.17) is 0 Å². The molecule has 2 aliphatic heterocycles. The molecule has 118 valence electrons. The standard InChI is InChI=1S/C17H27N3.ClH/c1-15-4-2-3-5-17(15)20-12-10-19(11-13-20)14-16-6-8-18-9-7-16;/h2-5,16,18H,6-14H2,1H3;1H. The highest BCUT2D eigenvalue weighted by molar-refractivity contribution is 5.85. The van der Waals surface area contributed by atoms with Gasteiger partial charge in [0.2, 0.25) is 0 Å². The number of anilines is 1. The SMILES string of the molecule is Cc1ccccc1N1CCN(CC2CCNCC2)CC1.Cl. The Bertz CT molecular complexity index is 424. The largest absolute Gasteiger partial charge is 0.369 e. The second-order valence-corrected chi connectivity index (χ2v) is 6.27. The second-order valence-electron chi connectivity index (χ2n) is 6.27. The molecule has 0 unspecified atom stereocenters. The zero-order valence-electron chi connectivity index (χ0n) is 13.1. The third kappa shape index (κ3) is 4.35. The van der Waals surface area contributed by atoms with Crippen molar-refractivity contribution in [3.05, 3.63) is 29.8 Å². The summed E-state index contributed by atoms with van der Waals surface area (Å²) in [5.41, 5.74) is 2.83. The average Bonchev–Trinajstić information content (AvgIpc) is 2.50. The summed E-state index contributed by atoms with van der Waals surface area (Å²) in [5, 5.41) is 3.46. The van der Waals surface area contributed by atoms with Gasteiger partial charge in [-0.15, -0.1) is 12.4 Å². The lowest BCUT2D eigenvalue weighted by atomic mass is 9.97. The molecule has 2 saturated heterocycles. The maximum absolute atomic E-state index is 3.46. The molecule has 2 aliphatic rings. The van der Waals surface area contributed by atoms with E-state index in [1.54, 1.807) is 0 Å². The first-order chi connectivity index (χ1) is 9.83. The summed E-state index contributed by atoms with van der Waals surface area (Å²) in [6.45, 7) is 10.8. The molecular formula is C17H28ClN3. The summed E-state index contributed by atoms with van der Waals surface area (Å²) in [5.74, 6) is 0.918. The molecule has 1 aromatic carbocycles. The first-order valence-corrected chi connectivity index (χ1v) is 8.06. The molecule has 4 heteroatoms. The van der Waals surface area contributed by atoms with E-state index in [1.165, 1.54) is 69.9 Å². The van der Waals surface area contributed by atoms with Crippen molar-refractivity contribution in [2.24, 2.45) is 5.92 Å². The van der Waals surface area contributed by atoms with Crippen LogP contribution in [0.1, 0.15) is 18.4 Å². The molecule has 0 aliphatic carbocycles. The van der Waals surface area contributed by atoms with Gasteiger partial charge in [0.05, 0.1) is 0 Å². The predicted octanol–water partition coefficient (Wildman–Crippen LogP) is 2.54. The van der Waals surface area contributed by atoms with E-state index < -0.39 is 0 Å². The number of benzene rings is 1. The average molecular weight is 310 g/mol. The van der Waals surface area contributed by atoms with Crippen molar-refractivity contribution in [2.45, 2.75) is 19.8 Å². The number of piperidine rings is 1. The number of piperazine rings is 1. The van der Waals surface area contributed by atoms with Crippen molar-refractivity contribution in [2.75, 3.05) is 50.7 Å². The molecule has 2 heterocycles. The van der Waals surface area contributed by atoms with E-state index in [2.05, 4.69) is 46.3 Å². The zero-order chi connectivity index (χ0) is 13.8. The number of hydrogen-bond acceptors (Lipinski definition) is 3. The minimum Gasteiger partial charge on any atom is -0.369 e. The smallest absolute Gasteiger partial charge is 0.0396 e. The normalized spacial score (nSPS) is 21.1. The van der Waals surface area contributed by atoms with Crippen molar-refractivity contribution < 1.29 is 0 Å². The summed E-state index contributed by atoms with van der Waals surface area (Å²) in [4.78, 5) is 5.22. The minimum absolute atomic E-state index is 0. The fourth-order valence-corrected chi connectivity index (χ4v) is 3.52. The molecule has 1 aromatic rings. The quantitative estimate of drug-likeness (QED) is 0.926. The van der Waals surface area contributed by atoms with Crippen LogP contribution < -0.4 is 10.2 Å². The van der Waals surface area contributed by atoms with E-state index in [1.807, 2.05) is 0 Å². The molecule has 0 radical (unpaired) electrons. The van der Waals surface area contributed by atoms with Crippen LogP contribution >= 0.6 is 12.4 Å². The van der Waals surface area contributed by atoms with Gasteiger partial charge in [0, 0.05) is 38.4 Å². The number of rotatable bonds is 3. The Morgan fingerprint density at radius 1 is 1.05 bits per heavy atom. The van der Waals surface area contributed by atoms with Gasteiger partial charge >= 0.3 is 0 Å². The summed E-state index contributed by atoms with van der Waals surface area (Å²) in [6.07, 6.45) is 2.72. The first kappa shape index (κ1) is 16.6. The monoisotopic (exact) mass is 309 g/mol. The van der Waals surface area contributed by atoms with Crippen molar-refractivity contribution in [3.63, 3.8) is 0 Å². The number of nitrogens with one attached hydrogen (secondary N) is 1. The molecule has 0 bridgehead atoms. The number of para-hydroxylation sites is 1. The topological polar surface area (TPSA) is 18.5 Å². The summed E-state index contributed by atoms with van der Waals surface area (Å²) in [7, 11) is 0. The number of aryl methyl sites for hydroxylation is 1. The number of nitrogens with zero attached hydrogens (tertiary/aromatic N) is 2. The fraction of sp³-hybridized carbons (Fsp3) is 0.647. The van der Waals surface area contributed by atoms with Gasteiger partial charge in [-0.25, -0.2) is 0 Å². The molecule has 0 spiro atoms. The van der Waals surface area contributed by atoms with Crippen LogP contribution in [0.25, 0.3) is 0 Å². The zero-order valence-corrected chi connectivity index (χ0v) is 13.9. The van der Waals surface area contributed by atoms with Crippen LogP contribution in [-0.4, -0.2) is 50.7 Å². The van der Waals surface area contributed by atoms with Crippen LogP contribution in [-0.2, 0) is 0 Å². The highest BCUT2D eigenvalue weighted by atomic mass is 35.5. The van der Waals surface area contributed by atoms with E-state index in [9.17, 15) is 0 Å². The van der Waals surface area contributed by atoms with Gasteiger partial charge in [-0.05, 0) is 50.4 Å². The van der Waals surface area contributed by atoms with Gasteiger partial charge in [-0.1, -0.05) is 18.2 Å². The first-order valence-electron chi connectivity index (χ1n) is 8.06. The van der Waals surface area contributed by atoms with Gasteiger partial charge in [0.25, 0.3) is 0 Å². The molecule has 0 amide bonds. The van der Waals surface area contributed by atoms with Crippen LogP contribution in [0.2, 0.25) is 0 Å². The molecule has 2 fully saturated rings. The predicted molar refractivity (Wildman–Crippen MR) is 92.7 cm³/mol. The molecule has 3 nitrogen and oxygen atoms in total. The molecule has 1 N–H and O–H groups in total. The van der Waals surface area contributed by atoms with Gasteiger partial charge < -0.3 is 10.2 Å². The van der Waals surface area contributed by atoms with Crippen molar-refractivity contribution >= 4 is 18.1 Å². The van der Waals surface area contributed by atoms with Crippen LogP contribution in [0.4, 0.5) is 5.69 Å². The Hall–Kier alpha value is -0.770.